The van der Waals surface area contributed by atoms with Gasteiger partial charge in [-0.25, -0.2) is 0 Å². The number of aromatic hydroxyl groups is 2. The molecule has 6 nitrogen and oxygen atoms in total. The summed E-state index contributed by atoms with van der Waals surface area (Å²) in [6.07, 6.45) is 0. The fraction of sp³-hybridized carbons (Fsp3) is 0.111. The second-order valence-electron chi connectivity index (χ2n) is 7.77. The van der Waals surface area contributed by atoms with Crippen LogP contribution >= 0.6 is 11.3 Å². The summed E-state index contributed by atoms with van der Waals surface area (Å²) in [4.78, 5) is 25.9. The lowest BCUT2D eigenvalue weighted by molar-refractivity contribution is -0.117. The number of phenolic OH excluding ortho intramolecular Hbond substituents is 2. The predicted molar refractivity (Wildman–Crippen MR) is 134 cm³/mol. The van der Waals surface area contributed by atoms with Gasteiger partial charge in [0.2, 0.25) is 5.91 Å². The van der Waals surface area contributed by atoms with E-state index in [9.17, 15) is 19.8 Å². The lowest BCUT2D eigenvalue weighted by atomic mass is 9.97. The number of phenols is 2. The number of carbonyl (C=O) groups is 2. The number of fused-ring (bicyclic) bond motifs is 1. The maximum Gasteiger partial charge on any atom is 0.246 e. The first-order chi connectivity index (χ1) is 16.3. The number of ketones is 1. The number of carbonyl (C=O) groups excluding carboxylic acids is 2. The van der Waals surface area contributed by atoms with E-state index in [0.717, 1.165) is 20.5 Å². The van der Waals surface area contributed by atoms with Gasteiger partial charge in [0.15, 0.2) is 5.78 Å². The van der Waals surface area contributed by atoms with Crippen molar-refractivity contribution >= 4 is 33.1 Å². The van der Waals surface area contributed by atoms with Crippen molar-refractivity contribution in [2.45, 2.75) is 6.92 Å². The summed E-state index contributed by atoms with van der Waals surface area (Å²) in [6, 6.07) is 18.5. The summed E-state index contributed by atoms with van der Waals surface area (Å²) < 4.78 is 6.44. The van der Waals surface area contributed by atoms with Gasteiger partial charge in [0.1, 0.15) is 23.9 Å². The van der Waals surface area contributed by atoms with Crippen LogP contribution in [0.1, 0.15) is 22.8 Å². The number of rotatable bonds is 8. The maximum absolute atomic E-state index is 13.6. The lowest BCUT2D eigenvalue weighted by Gasteiger charge is -2.09. The molecule has 0 aliphatic heterocycles. The number of hydrogen-bond donors (Lipinski definition) is 3. The third-order valence-corrected chi connectivity index (χ3v) is 6.39. The van der Waals surface area contributed by atoms with Crippen molar-refractivity contribution in [1.29, 1.82) is 0 Å². The number of thiophene rings is 1. The molecule has 0 fully saturated rings. The van der Waals surface area contributed by atoms with E-state index < -0.39 is 0 Å². The molecule has 0 aliphatic carbocycles. The van der Waals surface area contributed by atoms with Gasteiger partial charge in [-0.3, -0.25) is 9.59 Å². The summed E-state index contributed by atoms with van der Waals surface area (Å²) >= 11 is 1.41. The number of amides is 1. The fourth-order valence-electron chi connectivity index (χ4n) is 3.46. The molecule has 0 bridgehead atoms. The molecule has 0 atom stereocenters. The Kier molecular flexibility index (Phi) is 6.65. The number of nitrogens with one attached hydrogen (secondary N) is 1. The van der Waals surface area contributed by atoms with Crippen molar-refractivity contribution in [1.82, 2.24) is 5.32 Å². The highest BCUT2D eigenvalue weighted by Gasteiger charge is 2.22. The summed E-state index contributed by atoms with van der Waals surface area (Å²) in [5.41, 5.74) is 2.28. The van der Waals surface area contributed by atoms with Crippen LogP contribution in [0.4, 0.5) is 0 Å². The average molecular weight is 474 g/mol. The number of benzene rings is 3. The SMILES string of the molecule is C=C(C)C(=O)NCCOc1ccc(C(=O)c2c(-c3ccc(O)cc3)sc3cc(O)ccc23)cc1. The van der Waals surface area contributed by atoms with Crippen molar-refractivity contribution in [3.8, 4) is 27.7 Å². The molecule has 0 unspecified atom stereocenters. The molecule has 0 saturated heterocycles. The van der Waals surface area contributed by atoms with Gasteiger partial charge < -0.3 is 20.3 Å². The summed E-state index contributed by atoms with van der Waals surface area (Å²) in [6.45, 7) is 5.85. The maximum atomic E-state index is 13.6. The minimum Gasteiger partial charge on any atom is -0.508 e. The smallest absolute Gasteiger partial charge is 0.246 e. The van der Waals surface area contributed by atoms with Crippen LogP contribution in [-0.4, -0.2) is 35.1 Å². The molecule has 0 spiro atoms. The fourth-order valence-corrected chi connectivity index (χ4v) is 4.70. The normalized spacial score (nSPS) is 10.7. The van der Waals surface area contributed by atoms with E-state index >= 15 is 0 Å². The Morgan fingerprint density at radius 2 is 1.65 bits per heavy atom. The molecular formula is C27H23NO5S. The third-order valence-electron chi connectivity index (χ3n) is 5.19. The number of hydrogen-bond acceptors (Lipinski definition) is 6. The Morgan fingerprint density at radius 1 is 0.971 bits per heavy atom. The van der Waals surface area contributed by atoms with Crippen molar-refractivity contribution in [3.05, 3.63) is 90.0 Å². The first-order valence-corrected chi connectivity index (χ1v) is 11.4. The van der Waals surface area contributed by atoms with Gasteiger partial charge in [-0.15, -0.1) is 11.3 Å². The monoisotopic (exact) mass is 473 g/mol. The van der Waals surface area contributed by atoms with Crippen LogP contribution in [0.3, 0.4) is 0 Å². The molecule has 1 aromatic heterocycles. The molecule has 4 rings (SSSR count). The molecule has 1 amide bonds. The summed E-state index contributed by atoms with van der Waals surface area (Å²) in [5.74, 6) is 0.488. The second-order valence-corrected chi connectivity index (χ2v) is 8.82. The molecule has 0 radical (unpaired) electrons. The first kappa shape index (κ1) is 23.1. The Labute approximate surface area is 200 Å². The quantitative estimate of drug-likeness (QED) is 0.184. The average Bonchev–Trinajstić information content (AvgIpc) is 3.20. The predicted octanol–water partition coefficient (Wildman–Crippen LogP) is 5.28. The first-order valence-electron chi connectivity index (χ1n) is 10.6. The summed E-state index contributed by atoms with van der Waals surface area (Å²) in [5, 5.41) is 23.0. The van der Waals surface area contributed by atoms with E-state index in [0.29, 0.717) is 29.0 Å². The highest BCUT2D eigenvalue weighted by Crippen LogP contribution is 2.41. The molecule has 0 aliphatic rings. The van der Waals surface area contributed by atoms with Gasteiger partial charge >= 0.3 is 0 Å². The van der Waals surface area contributed by atoms with Gasteiger partial charge in [0.25, 0.3) is 0 Å². The highest BCUT2D eigenvalue weighted by molar-refractivity contribution is 7.22. The second kappa shape index (κ2) is 9.80. The van der Waals surface area contributed by atoms with Crippen LogP contribution in [0.15, 0.2) is 78.9 Å². The largest absolute Gasteiger partial charge is 0.508 e. The van der Waals surface area contributed by atoms with Crippen molar-refractivity contribution in [2.24, 2.45) is 0 Å². The molecule has 172 valence electrons. The molecule has 0 saturated carbocycles. The molecule has 7 heteroatoms. The standard InChI is InChI=1S/C27H23NO5S/c1-16(2)27(32)28-13-14-33-21-10-5-17(6-11-21)25(31)24-22-12-9-20(30)15-23(22)34-26(24)18-3-7-19(29)8-4-18/h3-12,15,29-30H,1,13-14H2,2H3,(H,28,32). The third kappa shape index (κ3) is 4.94. The molecule has 3 aromatic carbocycles. The van der Waals surface area contributed by atoms with Crippen molar-refractivity contribution in [2.75, 3.05) is 13.2 Å². The highest BCUT2D eigenvalue weighted by atomic mass is 32.1. The van der Waals surface area contributed by atoms with E-state index in [4.69, 9.17) is 4.74 Å². The van der Waals surface area contributed by atoms with E-state index in [1.54, 1.807) is 73.7 Å². The van der Waals surface area contributed by atoms with E-state index in [2.05, 4.69) is 11.9 Å². The topological polar surface area (TPSA) is 95.9 Å². The van der Waals surface area contributed by atoms with Crippen LogP contribution < -0.4 is 10.1 Å². The van der Waals surface area contributed by atoms with Crippen LogP contribution in [-0.2, 0) is 4.79 Å². The zero-order chi connectivity index (χ0) is 24.2. The zero-order valence-electron chi connectivity index (χ0n) is 18.5. The Morgan fingerprint density at radius 3 is 2.32 bits per heavy atom. The Bertz CT molecular complexity index is 1370. The minimum atomic E-state index is -0.217. The van der Waals surface area contributed by atoms with Crippen LogP contribution in [0.25, 0.3) is 20.5 Å². The van der Waals surface area contributed by atoms with E-state index in [1.807, 2.05) is 0 Å². The van der Waals surface area contributed by atoms with Crippen LogP contribution in [0.5, 0.6) is 17.2 Å². The van der Waals surface area contributed by atoms with Crippen LogP contribution in [0.2, 0.25) is 0 Å². The van der Waals surface area contributed by atoms with Crippen molar-refractivity contribution < 1.29 is 24.5 Å². The molecule has 34 heavy (non-hydrogen) atoms. The van der Waals surface area contributed by atoms with Gasteiger partial charge in [-0.1, -0.05) is 6.58 Å². The van der Waals surface area contributed by atoms with E-state index in [-0.39, 0.29) is 29.8 Å². The molecule has 3 N–H and O–H groups in total. The van der Waals surface area contributed by atoms with Gasteiger partial charge in [-0.2, -0.15) is 0 Å². The minimum absolute atomic E-state index is 0.131. The van der Waals surface area contributed by atoms with Crippen LogP contribution in [0, 0.1) is 0 Å². The molecule has 1 heterocycles. The molecular weight excluding hydrogens is 450 g/mol. The lowest BCUT2D eigenvalue weighted by Crippen LogP contribution is -2.28. The summed E-state index contributed by atoms with van der Waals surface area (Å²) in [7, 11) is 0. The molecule has 4 aromatic rings. The van der Waals surface area contributed by atoms with Crippen molar-refractivity contribution in [3.63, 3.8) is 0 Å². The number of ether oxygens (including phenoxy) is 1. The zero-order valence-corrected chi connectivity index (χ0v) is 19.3. The van der Waals surface area contributed by atoms with E-state index in [1.165, 1.54) is 11.3 Å². The van der Waals surface area contributed by atoms with Gasteiger partial charge in [0, 0.05) is 31.7 Å². The Balaban J connectivity index is 1.59. The van der Waals surface area contributed by atoms with Gasteiger partial charge in [0.05, 0.1) is 6.54 Å². The van der Waals surface area contributed by atoms with Gasteiger partial charge in [-0.05, 0) is 79.2 Å². The Hall–Kier alpha value is -4.10.